The van der Waals surface area contributed by atoms with Crippen molar-refractivity contribution in [3.8, 4) is 5.75 Å². The topological polar surface area (TPSA) is 281 Å². The third-order valence-electron chi connectivity index (χ3n) is 12.0. The lowest BCUT2D eigenvalue weighted by molar-refractivity contribution is -0.197. The second kappa shape index (κ2) is 26.3. The van der Waals surface area contributed by atoms with Crippen LogP contribution in [-0.4, -0.2) is 138 Å². The van der Waals surface area contributed by atoms with Crippen molar-refractivity contribution in [2.24, 2.45) is 5.41 Å². The number of carbonyl (C=O) groups is 3. The van der Waals surface area contributed by atoms with Crippen LogP contribution in [0.5, 0.6) is 5.75 Å². The molecule has 0 bridgehead atoms. The largest absolute Gasteiger partial charge is 0.507 e. The Morgan fingerprint density at radius 1 is 0.833 bits per heavy atom. The third kappa shape index (κ3) is 18.2. The molecule has 1 unspecified atom stereocenters. The smallest absolute Gasteiger partial charge is 0.333 e. The lowest BCUT2D eigenvalue weighted by Crippen LogP contribution is -2.32. The Balaban J connectivity index is 1.63. The SMILES string of the molecule is C=C(/C=C(\c1ccc(N(CCCS(=O)(=O)O)CCOCCOCCOC)cc1O)C(C)(C)C)/C=C/C=C1/N(CCCCCC(=O)ON2C(=O)CCC2=O)c2ccc(S(=O)(=O)O)cc2C1(C)CCCS(=O)(=O)O. The van der Waals surface area contributed by atoms with Crippen molar-refractivity contribution in [3.05, 3.63) is 89.7 Å². The summed E-state index contributed by atoms with van der Waals surface area (Å²) in [4.78, 5) is 44.7. The minimum atomic E-state index is -4.66. The van der Waals surface area contributed by atoms with Crippen LogP contribution in [-0.2, 0) is 69.2 Å². The number of hydrogen-bond acceptors (Lipinski definition) is 16. The summed E-state index contributed by atoms with van der Waals surface area (Å²) in [5, 5.41) is 12.1. The summed E-state index contributed by atoms with van der Waals surface area (Å²) in [5.74, 6) is -2.98. The van der Waals surface area contributed by atoms with Gasteiger partial charge in [-0.2, -0.15) is 25.3 Å². The molecule has 0 saturated carbocycles. The average Bonchev–Trinajstić information content (AvgIpc) is 3.71. The molecule has 23 heteroatoms. The van der Waals surface area contributed by atoms with Gasteiger partial charge in [0.15, 0.2) is 0 Å². The molecule has 1 fully saturated rings. The number of ether oxygens (including phenoxy) is 3. The number of methoxy groups -OCH3 is 1. The van der Waals surface area contributed by atoms with Crippen LogP contribution < -0.4 is 9.80 Å². The highest BCUT2D eigenvalue weighted by atomic mass is 32.2. The van der Waals surface area contributed by atoms with Gasteiger partial charge in [0, 0.05) is 80.1 Å². The Bertz CT molecular complexity index is 2680. The maximum atomic E-state index is 12.5. The van der Waals surface area contributed by atoms with E-state index in [-0.39, 0.29) is 62.3 Å². The third-order valence-corrected chi connectivity index (χ3v) is 14.5. The number of amides is 2. The van der Waals surface area contributed by atoms with E-state index in [0.29, 0.717) is 103 Å². The first-order valence-electron chi connectivity index (χ1n) is 23.5. The van der Waals surface area contributed by atoms with Gasteiger partial charge in [-0.3, -0.25) is 23.2 Å². The van der Waals surface area contributed by atoms with Crippen LogP contribution in [0.2, 0.25) is 0 Å². The number of carbonyl (C=O) groups excluding carboxylic acids is 3. The summed E-state index contributed by atoms with van der Waals surface area (Å²) in [6.07, 6.45) is 8.50. The molecule has 2 heterocycles. The van der Waals surface area contributed by atoms with E-state index in [1.54, 1.807) is 49.6 Å². The molecule has 2 aromatic carbocycles. The van der Waals surface area contributed by atoms with E-state index in [4.69, 9.17) is 19.0 Å². The minimum Gasteiger partial charge on any atom is -0.507 e. The van der Waals surface area contributed by atoms with Crippen molar-refractivity contribution in [2.75, 3.05) is 81.1 Å². The van der Waals surface area contributed by atoms with Crippen LogP contribution in [0.15, 0.2) is 83.4 Å². The number of phenols is 1. The highest BCUT2D eigenvalue weighted by molar-refractivity contribution is 7.86. The van der Waals surface area contributed by atoms with Crippen molar-refractivity contribution in [3.63, 3.8) is 0 Å². The van der Waals surface area contributed by atoms with Crippen molar-refractivity contribution in [2.45, 2.75) is 95.8 Å². The van der Waals surface area contributed by atoms with E-state index in [0.717, 1.165) is 0 Å². The first-order valence-corrected chi connectivity index (χ1v) is 28.2. The Kier molecular flexibility index (Phi) is 21.8. The maximum absolute atomic E-state index is 12.5. The molecule has 4 rings (SSSR count). The molecular formula is C49H69N3O17S3. The minimum absolute atomic E-state index is 0.0161. The zero-order valence-electron chi connectivity index (χ0n) is 41.6. The van der Waals surface area contributed by atoms with Crippen LogP contribution in [0.3, 0.4) is 0 Å². The molecule has 1 saturated heterocycles. The van der Waals surface area contributed by atoms with E-state index in [1.807, 2.05) is 43.6 Å². The maximum Gasteiger partial charge on any atom is 0.333 e. The number of hydroxylamine groups is 2. The van der Waals surface area contributed by atoms with Gasteiger partial charge in [-0.05, 0) is 97.6 Å². The number of phenolic OH excluding ortho intramolecular Hbond substituents is 1. The number of nitrogens with zero attached hydrogens (tertiary/aromatic N) is 3. The van der Waals surface area contributed by atoms with Gasteiger partial charge in [-0.25, -0.2) is 4.79 Å². The number of benzene rings is 2. The van der Waals surface area contributed by atoms with Crippen LogP contribution in [0.25, 0.3) is 5.57 Å². The summed E-state index contributed by atoms with van der Waals surface area (Å²) < 4.78 is 117. The van der Waals surface area contributed by atoms with E-state index >= 15 is 0 Å². The van der Waals surface area contributed by atoms with Crippen LogP contribution in [0.4, 0.5) is 11.4 Å². The number of fused-ring (bicyclic) bond motifs is 1. The van der Waals surface area contributed by atoms with E-state index in [9.17, 15) is 58.4 Å². The van der Waals surface area contributed by atoms with E-state index in [1.165, 1.54) is 12.1 Å². The summed E-state index contributed by atoms with van der Waals surface area (Å²) in [6, 6.07) is 9.29. The van der Waals surface area contributed by atoms with Crippen LogP contribution in [0, 0.1) is 5.41 Å². The van der Waals surface area contributed by atoms with Gasteiger partial charge in [0.25, 0.3) is 42.2 Å². The summed E-state index contributed by atoms with van der Waals surface area (Å²) in [5.41, 5.74) is 2.43. The fourth-order valence-corrected chi connectivity index (χ4v) is 9.92. The van der Waals surface area contributed by atoms with Crippen molar-refractivity contribution < 1.29 is 77.4 Å². The number of hydrogen-bond donors (Lipinski definition) is 4. The number of unbranched alkanes of at least 4 members (excludes halogenated alkanes) is 2. The molecule has 0 aliphatic carbocycles. The zero-order chi connectivity index (χ0) is 53.5. The predicted molar refractivity (Wildman–Crippen MR) is 271 cm³/mol. The number of allylic oxidation sites excluding steroid dienone is 7. The summed E-state index contributed by atoms with van der Waals surface area (Å²) in [7, 11) is -11.7. The quantitative estimate of drug-likeness (QED) is 0.0283. The second-order valence-corrected chi connectivity index (χ2v) is 23.3. The van der Waals surface area contributed by atoms with Gasteiger partial charge in [-0.15, -0.1) is 5.06 Å². The Morgan fingerprint density at radius 2 is 1.47 bits per heavy atom. The predicted octanol–water partition coefficient (Wildman–Crippen LogP) is 6.44. The molecule has 400 valence electrons. The molecule has 2 aliphatic rings. The van der Waals surface area contributed by atoms with E-state index in [2.05, 4.69) is 6.58 Å². The normalized spacial score (nSPS) is 17.4. The molecule has 0 spiro atoms. The number of imide groups is 1. The second-order valence-electron chi connectivity index (χ2n) is 18.7. The van der Waals surface area contributed by atoms with Crippen LogP contribution >= 0.6 is 0 Å². The van der Waals surface area contributed by atoms with E-state index < -0.39 is 70.5 Å². The molecule has 2 aromatic rings. The Labute approximate surface area is 423 Å². The molecule has 1 atom stereocenters. The van der Waals surface area contributed by atoms with Gasteiger partial charge in [-0.1, -0.05) is 52.0 Å². The molecule has 0 radical (unpaired) electrons. The fourth-order valence-electron chi connectivity index (χ4n) is 8.41. The zero-order valence-corrected chi connectivity index (χ0v) is 44.0. The molecular weight excluding hydrogens is 999 g/mol. The highest BCUT2D eigenvalue weighted by Crippen LogP contribution is 2.51. The molecule has 4 N–H and O–H groups in total. The molecule has 2 amide bonds. The fraction of sp³-hybridized carbons (Fsp3) is 0.531. The first-order chi connectivity index (χ1) is 33.6. The van der Waals surface area contributed by atoms with Crippen molar-refractivity contribution in [1.82, 2.24) is 5.06 Å². The van der Waals surface area contributed by atoms with Crippen molar-refractivity contribution in [1.29, 1.82) is 0 Å². The Morgan fingerprint density at radius 3 is 2.08 bits per heavy atom. The Hall–Kier alpha value is -4.98. The van der Waals surface area contributed by atoms with Crippen LogP contribution in [0.1, 0.15) is 96.6 Å². The van der Waals surface area contributed by atoms with Gasteiger partial charge in [0.05, 0.1) is 49.4 Å². The van der Waals surface area contributed by atoms with Gasteiger partial charge in [0.2, 0.25) is 0 Å². The highest BCUT2D eigenvalue weighted by Gasteiger charge is 2.44. The monoisotopic (exact) mass is 1070 g/mol. The summed E-state index contributed by atoms with van der Waals surface area (Å²) in [6.45, 7) is 14.7. The number of anilines is 2. The molecule has 20 nitrogen and oxygen atoms in total. The summed E-state index contributed by atoms with van der Waals surface area (Å²) >= 11 is 0. The average molecular weight is 1070 g/mol. The lowest BCUT2D eigenvalue weighted by atomic mass is 9.77. The van der Waals surface area contributed by atoms with Gasteiger partial charge >= 0.3 is 5.97 Å². The number of aromatic hydroxyl groups is 1. The molecule has 72 heavy (non-hydrogen) atoms. The molecule has 0 aromatic heterocycles. The lowest BCUT2D eigenvalue weighted by Gasteiger charge is -2.30. The van der Waals surface area contributed by atoms with Gasteiger partial charge < -0.3 is 34.0 Å². The van der Waals surface area contributed by atoms with Gasteiger partial charge in [0.1, 0.15) is 5.75 Å². The van der Waals surface area contributed by atoms with Crippen molar-refractivity contribution >= 4 is 65.1 Å². The number of rotatable bonds is 30. The standard InChI is InChI=1S/C49H69N3O17S3/c1-36(33-40(48(2,3)4)39-18-16-37(34-43(39)53)50(23-12-32-71(60,61)62)25-26-67-29-30-68-28-27-66-6)13-10-14-44-49(5,22-11-31-70(57,58)59)41-35-38(72(63,64)65)17-19-42(41)51(44)24-9-7-8-15-47(56)69-52-45(54)20-21-46(52)55/h10,13-14,16-19,33-35,53H,1,7-9,11-12,15,20-32H2,2-6H3,(H,57,58,59)(H,60,61,62)(H,63,64,65)/b13-10+,40-33+,44-14+. The first kappa shape index (κ1) is 59.6. The molecule has 2 aliphatic heterocycles.